The molecule has 0 spiro atoms. The number of benzene rings is 2. The molecule has 40 heavy (non-hydrogen) atoms. The Morgan fingerprint density at radius 2 is 1.88 bits per heavy atom. The van der Waals surface area contributed by atoms with Crippen molar-refractivity contribution in [2.24, 2.45) is 5.92 Å². The predicted molar refractivity (Wildman–Crippen MR) is 156 cm³/mol. The lowest BCUT2D eigenvalue weighted by atomic mass is 9.88. The van der Waals surface area contributed by atoms with Gasteiger partial charge in [-0.3, -0.25) is 14.2 Å². The summed E-state index contributed by atoms with van der Waals surface area (Å²) in [5.74, 6) is 0.569. The standard InChI is InChI=1S/C31H31N7O2/c1-20(34-30(39)26-27(32)36-37-19-9-18-33-29(26)37)28-35-24-15-8-12-22(17-16-21-10-4-2-5-11-21)25(24)31(40)38(28)23-13-6-3-7-14-23/h3,6-9,12-21H,2,4-5,10-11H2,1H3,(H2,32,36)(H,34,39)/b17-16+/t20-/m0/s1. The Labute approximate surface area is 231 Å². The van der Waals surface area contributed by atoms with Crippen LogP contribution in [0.15, 0.2) is 77.9 Å². The number of amides is 1. The van der Waals surface area contributed by atoms with Crippen LogP contribution in [0.5, 0.6) is 0 Å². The molecule has 3 N–H and O–H groups in total. The predicted octanol–water partition coefficient (Wildman–Crippen LogP) is 5.10. The van der Waals surface area contributed by atoms with E-state index in [-0.39, 0.29) is 16.9 Å². The van der Waals surface area contributed by atoms with E-state index in [4.69, 9.17) is 10.7 Å². The third kappa shape index (κ3) is 4.75. The van der Waals surface area contributed by atoms with Gasteiger partial charge in [-0.1, -0.05) is 61.7 Å². The van der Waals surface area contributed by atoms with Crippen molar-refractivity contribution in [3.8, 4) is 5.69 Å². The number of aromatic nitrogens is 5. The third-order valence-corrected chi connectivity index (χ3v) is 7.55. The molecule has 1 atom stereocenters. The normalized spacial score (nSPS) is 15.1. The smallest absolute Gasteiger partial charge is 0.266 e. The minimum atomic E-state index is -0.635. The van der Waals surface area contributed by atoms with Crippen molar-refractivity contribution in [2.75, 3.05) is 5.73 Å². The van der Waals surface area contributed by atoms with Crippen molar-refractivity contribution in [2.45, 2.75) is 45.1 Å². The Morgan fingerprint density at radius 3 is 2.67 bits per heavy atom. The first kappa shape index (κ1) is 25.5. The highest BCUT2D eigenvalue weighted by atomic mass is 16.2. The van der Waals surface area contributed by atoms with Gasteiger partial charge in [-0.2, -0.15) is 0 Å². The maximum atomic E-state index is 14.2. The zero-order chi connectivity index (χ0) is 27.6. The molecule has 0 saturated heterocycles. The lowest BCUT2D eigenvalue weighted by Crippen LogP contribution is -2.33. The maximum Gasteiger partial charge on any atom is 0.266 e. The average molecular weight is 534 g/mol. The second kappa shape index (κ2) is 10.8. The quantitative estimate of drug-likeness (QED) is 0.314. The van der Waals surface area contributed by atoms with E-state index in [9.17, 15) is 9.59 Å². The van der Waals surface area contributed by atoms with Gasteiger partial charge in [0.25, 0.3) is 11.5 Å². The van der Waals surface area contributed by atoms with E-state index in [1.54, 1.807) is 30.0 Å². The van der Waals surface area contributed by atoms with Crippen LogP contribution in [-0.2, 0) is 0 Å². The fraction of sp³-hybridized carbons (Fsp3) is 0.258. The van der Waals surface area contributed by atoms with Crippen LogP contribution < -0.4 is 16.6 Å². The van der Waals surface area contributed by atoms with Gasteiger partial charge in [0.1, 0.15) is 11.4 Å². The van der Waals surface area contributed by atoms with Gasteiger partial charge in [0.15, 0.2) is 11.5 Å². The lowest BCUT2D eigenvalue weighted by molar-refractivity contribution is 0.0940. The van der Waals surface area contributed by atoms with Crippen LogP contribution in [0.1, 0.15) is 66.8 Å². The van der Waals surface area contributed by atoms with Crippen LogP contribution in [0.3, 0.4) is 0 Å². The zero-order valence-corrected chi connectivity index (χ0v) is 22.3. The minimum Gasteiger partial charge on any atom is -0.381 e. The van der Waals surface area contributed by atoms with Crippen molar-refractivity contribution in [1.29, 1.82) is 0 Å². The first-order chi connectivity index (χ1) is 19.5. The fourth-order valence-electron chi connectivity index (χ4n) is 5.55. The fourth-order valence-corrected chi connectivity index (χ4v) is 5.55. The lowest BCUT2D eigenvalue weighted by Gasteiger charge is -2.20. The number of para-hydroxylation sites is 1. The number of carbonyl (C=O) groups is 1. The highest BCUT2D eigenvalue weighted by Gasteiger charge is 2.25. The van der Waals surface area contributed by atoms with Crippen molar-refractivity contribution < 1.29 is 4.79 Å². The Kier molecular flexibility index (Phi) is 6.86. The number of fused-ring (bicyclic) bond motifs is 2. The SMILES string of the molecule is C[C@H](NC(=O)c1c(N)nn2cccnc12)c1nc2cccc(/C=C/C3CCCCC3)c2c(=O)n1-c1ccccc1. The molecule has 2 aromatic carbocycles. The summed E-state index contributed by atoms with van der Waals surface area (Å²) in [6.45, 7) is 1.80. The molecule has 3 aromatic heterocycles. The number of allylic oxidation sites excluding steroid dienone is 1. The molecule has 3 heterocycles. The average Bonchev–Trinajstić information content (AvgIpc) is 3.32. The molecule has 1 aliphatic carbocycles. The van der Waals surface area contributed by atoms with Gasteiger partial charge >= 0.3 is 0 Å². The third-order valence-electron chi connectivity index (χ3n) is 7.55. The number of hydrogen-bond donors (Lipinski definition) is 2. The largest absolute Gasteiger partial charge is 0.381 e. The van der Waals surface area contributed by atoms with Crippen LogP contribution >= 0.6 is 0 Å². The highest BCUT2D eigenvalue weighted by Crippen LogP contribution is 2.27. The summed E-state index contributed by atoms with van der Waals surface area (Å²) in [7, 11) is 0. The Morgan fingerprint density at radius 1 is 1.07 bits per heavy atom. The monoisotopic (exact) mass is 533 g/mol. The minimum absolute atomic E-state index is 0.0738. The first-order valence-corrected chi connectivity index (χ1v) is 13.7. The second-order valence-corrected chi connectivity index (χ2v) is 10.3. The van der Waals surface area contributed by atoms with E-state index in [0.29, 0.717) is 34.0 Å². The summed E-state index contributed by atoms with van der Waals surface area (Å²) in [6.07, 6.45) is 13.7. The van der Waals surface area contributed by atoms with Crippen LogP contribution in [0.25, 0.3) is 28.3 Å². The van der Waals surface area contributed by atoms with Crippen molar-refractivity contribution in [1.82, 2.24) is 29.5 Å². The molecular weight excluding hydrogens is 502 g/mol. The molecule has 0 radical (unpaired) electrons. The van der Waals surface area contributed by atoms with Crippen molar-refractivity contribution in [3.05, 3.63) is 100 Å². The number of carbonyl (C=O) groups excluding carboxylic acids is 1. The van der Waals surface area contributed by atoms with Gasteiger partial charge in [0, 0.05) is 12.4 Å². The summed E-state index contributed by atoms with van der Waals surface area (Å²) in [5.41, 5.74) is 8.51. The van der Waals surface area contributed by atoms with Gasteiger partial charge in [-0.25, -0.2) is 14.5 Å². The Bertz CT molecular complexity index is 1780. The van der Waals surface area contributed by atoms with E-state index in [0.717, 1.165) is 5.56 Å². The Hall–Kier alpha value is -4.79. The highest BCUT2D eigenvalue weighted by molar-refractivity contribution is 6.04. The summed E-state index contributed by atoms with van der Waals surface area (Å²) in [5, 5.41) is 7.71. The second-order valence-electron chi connectivity index (χ2n) is 10.3. The van der Waals surface area contributed by atoms with Gasteiger partial charge in [0.05, 0.1) is 22.6 Å². The molecule has 0 bridgehead atoms. The zero-order valence-electron chi connectivity index (χ0n) is 22.3. The molecule has 1 aliphatic rings. The number of nitrogens with one attached hydrogen (secondary N) is 1. The van der Waals surface area contributed by atoms with E-state index in [1.165, 1.54) is 36.6 Å². The summed E-state index contributed by atoms with van der Waals surface area (Å²) in [4.78, 5) is 36.8. The van der Waals surface area contributed by atoms with E-state index < -0.39 is 11.9 Å². The molecule has 9 heteroatoms. The molecule has 1 fully saturated rings. The molecule has 5 aromatic rings. The summed E-state index contributed by atoms with van der Waals surface area (Å²) in [6, 6.07) is 16.2. The molecule has 0 aliphatic heterocycles. The van der Waals surface area contributed by atoms with E-state index in [1.807, 2.05) is 48.5 Å². The number of nitrogens with zero attached hydrogens (tertiary/aromatic N) is 5. The molecule has 9 nitrogen and oxygen atoms in total. The number of hydrogen-bond acceptors (Lipinski definition) is 6. The molecule has 202 valence electrons. The Balaban J connectivity index is 1.44. The molecule has 6 rings (SSSR count). The number of rotatable bonds is 6. The first-order valence-electron chi connectivity index (χ1n) is 13.7. The van der Waals surface area contributed by atoms with Crippen LogP contribution in [0.4, 0.5) is 5.82 Å². The summed E-state index contributed by atoms with van der Waals surface area (Å²) >= 11 is 0. The maximum absolute atomic E-state index is 14.2. The van der Waals surface area contributed by atoms with Gasteiger partial charge < -0.3 is 11.1 Å². The van der Waals surface area contributed by atoms with Gasteiger partial charge in [0.2, 0.25) is 0 Å². The van der Waals surface area contributed by atoms with Crippen molar-refractivity contribution in [3.63, 3.8) is 0 Å². The van der Waals surface area contributed by atoms with Crippen molar-refractivity contribution >= 4 is 34.4 Å². The van der Waals surface area contributed by atoms with E-state index >= 15 is 0 Å². The van der Waals surface area contributed by atoms with Crippen LogP contribution in [0, 0.1) is 5.92 Å². The molecule has 0 unspecified atom stereocenters. The molecule has 1 amide bonds. The number of anilines is 1. The molecular formula is C31H31N7O2. The van der Waals surface area contributed by atoms with Crippen LogP contribution in [0.2, 0.25) is 0 Å². The van der Waals surface area contributed by atoms with E-state index in [2.05, 4.69) is 27.6 Å². The molecule has 1 saturated carbocycles. The topological polar surface area (TPSA) is 120 Å². The van der Waals surface area contributed by atoms with Crippen LogP contribution in [-0.4, -0.2) is 30.1 Å². The van der Waals surface area contributed by atoms with Gasteiger partial charge in [-0.05, 0) is 55.5 Å². The number of nitrogen functional groups attached to an aromatic ring is 1. The van der Waals surface area contributed by atoms with Gasteiger partial charge in [-0.15, -0.1) is 5.10 Å². The summed E-state index contributed by atoms with van der Waals surface area (Å²) < 4.78 is 3.05. The number of nitrogens with two attached hydrogens (primary N) is 1.